The average Bonchev–Trinajstić information content (AvgIpc) is 2.63. The number of guanidine groups is 1. The molecule has 0 fully saturated rings. The molecule has 84 valence electrons. The van der Waals surface area contributed by atoms with Crippen molar-refractivity contribution in [2.75, 3.05) is 13.1 Å². The van der Waals surface area contributed by atoms with E-state index in [2.05, 4.69) is 34.8 Å². The summed E-state index contributed by atoms with van der Waals surface area (Å²) in [6.45, 7) is 6.61. The molecule has 0 unspecified atom stereocenters. The second-order valence-electron chi connectivity index (χ2n) is 3.04. The molecule has 0 amide bonds. The minimum Gasteiger partial charge on any atom is -0.370 e. The van der Waals surface area contributed by atoms with Crippen LogP contribution in [-0.2, 0) is 6.54 Å². The Labute approximate surface area is 103 Å². The molecule has 5 heteroatoms. The van der Waals surface area contributed by atoms with E-state index in [1.165, 1.54) is 4.88 Å². The first kappa shape index (κ1) is 12.5. The van der Waals surface area contributed by atoms with Gasteiger partial charge in [-0.1, -0.05) is 0 Å². The first-order valence-electron chi connectivity index (χ1n) is 4.95. The fourth-order valence-electron chi connectivity index (χ4n) is 1.24. The van der Waals surface area contributed by atoms with Crippen LogP contribution in [0.15, 0.2) is 20.9 Å². The third kappa shape index (κ3) is 3.50. The lowest BCUT2D eigenvalue weighted by Crippen LogP contribution is -2.36. The van der Waals surface area contributed by atoms with Crippen LogP contribution in [0.3, 0.4) is 0 Å². The molecule has 0 saturated carbocycles. The highest BCUT2D eigenvalue weighted by atomic mass is 79.9. The molecule has 0 aliphatic heterocycles. The van der Waals surface area contributed by atoms with E-state index in [-0.39, 0.29) is 0 Å². The summed E-state index contributed by atoms with van der Waals surface area (Å²) in [5.41, 5.74) is 5.87. The van der Waals surface area contributed by atoms with Crippen LogP contribution >= 0.6 is 27.3 Å². The van der Waals surface area contributed by atoms with Crippen LogP contribution in [0, 0.1) is 0 Å². The highest BCUT2D eigenvalue weighted by Gasteiger charge is 2.03. The number of thiophene rings is 1. The molecule has 2 N–H and O–H groups in total. The maximum Gasteiger partial charge on any atom is 0.191 e. The highest BCUT2D eigenvalue weighted by Crippen LogP contribution is 2.23. The second-order valence-corrected chi connectivity index (χ2v) is 4.89. The van der Waals surface area contributed by atoms with Gasteiger partial charge in [0.2, 0.25) is 0 Å². The predicted molar refractivity (Wildman–Crippen MR) is 70.3 cm³/mol. The number of halogens is 1. The zero-order valence-corrected chi connectivity index (χ0v) is 11.4. The van der Waals surface area contributed by atoms with Gasteiger partial charge in [0.05, 0.1) is 6.54 Å². The van der Waals surface area contributed by atoms with Crippen molar-refractivity contribution in [1.29, 1.82) is 0 Å². The van der Waals surface area contributed by atoms with Gasteiger partial charge in [0.1, 0.15) is 0 Å². The molecule has 0 saturated heterocycles. The number of nitrogens with two attached hydrogens (primary N) is 1. The lowest BCUT2D eigenvalue weighted by Gasteiger charge is -2.19. The van der Waals surface area contributed by atoms with Crippen molar-refractivity contribution in [1.82, 2.24) is 4.90 Å². The molecule has 0 aliphatic rings. The zero-order valence-electron chi connectivity index (χ0n) is 9.03. The molecule has 0 aliphatic carbocycles. The second kappa shape index (κ2) is 6.12. The van der Waals surface area contributed by atoms with Crippen molar-refractivity contribution in [3.8, 4) is 0 Å². The molecule has 15 heavy (non-hydrogen) atoms. The van der Waals surface area contributed by atoms with Gasteiger partial charge in [-0.2, -0.15) is 0 Å². The molecule has 0 spiro atoms. The van der Waals surface area contributed by atoms with Gasteiger partial charge in [0.15, 0.2) is 5.96 Å². The predicted octanol–water partition coefficient (Wildman–Crippen LogP) is 2.67. The van der Waals surface area contributed by atoms with Crippen molar-refractivity contribution < 1.29 is 0 Å². The van der Waals surface area contributed by atoms with Crippen LogP contribution in [0.1, 0.15) is 18.7 Å². The summed E-state index contributed by atoms with van der Waals surface area (Å²) in [5, 5.41) is 2.04. The average molecular weight is 290 g/mol. The van der Waals surface area contributed by atoms with Crippen molar-refractivity contribution >= 4 is 33.2 Å². The van der Waals surface area contributed by atoms with Gasteiger partial charge in [-0.05, 0) is 41.2 Å². The van der Waals surface area contributed by atoms with Gasteiger partial charge in [-0.25, -0.2) is 4.99 Å². The molecule has 0 aromatic carbocycles. The van der Waals surface area contributed by atoms with Crippen LogP contribution in [-0.4, -0.2) is 23.9 Å². The van der Waals surface area contributed by atoms with E-state index in [0.717, 1.165) is 17.6 Å². The van der Waals surface area contributed by atoms with Crippen LogP contribution in [0.4, 0.5) is 0 Å². The SMILES string of the molecule is CCN(CC)C(N)=NCc1sccc1Br. The first-order valence-corrected chi connectivity index (χ1v) is 6.63. The Morgan fingerprint density at radius 3 is 2.67 bits per heavy atom. The van der Waals surface area contributed by atoms with Crippen molar-refractivity contribution in [3.05, 3.63) is 20.8 Å². The standard InChI is InChI=1S/C10H16BrN3S/c1-3-14(4-2)10(12)13-7-9-8(11)5-6-15-9/h5-6H,3-4,7H2,1-2H3,(H2,12,13). The van der Waals surface area contributed by atoms with E-state index >= 15 is 0 Å². The number of rotatable bonds is 4. The Morgan fingerprint density at radius 2 is 2.20 bits per heavy atom. The summed E-state index contributed by atoms with van der Waals surface area (Å²) in [6, 6.07) is 2.03. The fourth-order valence-corrected chi connectivity index (χ4v) is 2.64. The molecule has 1 aromatic rings. The summed E-state index contributed by atoms with van der Waals surface area (Å²) in [7, 11) is 0. The van der Waals surface area contributed by atoms with Gasteiger partial charge in [0, 0.05) is 22.4 Å². The number of aliphatic imine (C=N–C) groups is 1. The molecule has 0 radical (unpaired) electrons. The van der Waals surface area contributed by atoms with Gasteiger partial charge in [-0.15, -0.1) is 11.3 Å². The smallest absolute Gasteiger partial charge is 0.191 e. The van der Waals surface area contributed by atoms with Crippen LogP contribution in [0.2, 0.25) is 0 Å². The maximum absolute atomic E-state index is 5.87. The number of hydrogen-bond acceptors (Lipinski definition) is 2. The van der Waals surface area contributed by atoms with Gasteiger partial charge >= 0.3 is 0 Å². The largest absolute Gasteiger partial charge is 0.370 e. The van der Waals surface area contributed by atoms with Crippen molar-refractivity contribution in [2.45, 2.75) is 20.4 Å². The third-order valence-electron chi connectivity index (χ3n) is 2.16. The zero-order chi connectivity index (χ0) is 11.3. The minimum atomic E-state index is 0.625. The summed E-state index contributed by atoms with van der Waals surface area (Å²) < 4.78 is 1.11. The highest BCUT2D eigenvalue weighted by molar-refractivity contribution is 9.10. The molecule has 0 atom stereocenters. The van der Waals surface area contributed by atoms with E-state index in [4.69, 9.17) is 5.73 Å². The van der Waals surface area contributed by atoms with Crippen LogP contribution in [0.5, 0.6) is 0 Å². The Bertz CT molecular complexity index is 331. The van der Waals surface area contributed by atoms with Crippen LogP contribution < -0.4 is 5.73 Å². The Hall–Kier alpha value is -0.550. The van der Waals surface area contributed by atoms with E-state index < -0.39 is 0 Å². The molecule has 3 nitrogen and oxygen atoms in total. The quantitative estimate of drug-likeness (QED) is 0.684. The van der Waals surface area contributed by atoms with Crippen molar-refractivity contribution in [2.24, 2.45) is 10.7 Å². The van der Waals surface area contributed by atoms with Gasteiger partial charge in [-0.3, -0.25) is 0 Å². The summed E-state index contributed by atoms with van der Waals surface area (Å²) >= 11 is 5.16. The van der Waals surface area contributed by atoms with Gasteiger partial charge in [0.25, 0.3) is 0 Å². The monoisotopic (exact) mass is 289 g/mol. The molecule has 1 heterocycles. The number of hydrogen-bond donors (Lipinski definition) is 1. The number of nitrogens with zero attached hydrogens (tertiary/aromatic N) is 2. The lowest BCUT2D eigenvalue weighted by atomic mass is 10.5. The van der Waals surface area contributed by atoms with E-state index in [1.807, 2.05) is 16.3 Å². The topological polar surface area (TPSA) is 41.6 Å². The molecular formula is C10H16BrN3S. The fraction of sp³-hybridized carbons (Fsp3) is 0.500. The van der Waals surface area contributed by atoms with E-state index in [9.17, 15) is 0 Å². The van der Waals surface area contributed by atoms with E-state index in [0.29, 0.717) is 12.5 Å². The Kier molecular flexibility index (Phi) is 5.11. The summed E-state index contributed by atoms with van der Waals surface area (Å²) in [5.74, 6) is 0.625. The molecule has 1 aromatic heterocycles. The van der Waals surface area contributed by atoms with Crippen LogP contribution in [0.25, 0.3) is 0 Å². The van der Waals surface area contributed by atoms with Crippen molar-refractivity contribution in [3.63, 3.8) is 0 Å². The maximum atomic E-state index is 5.87. The molecule has 1 rings (SSSR count). The Morgan fingerprint density at radius 1 is 1.53 bits per heavy atom. The van der Waals surface area contributed by atoms with Gasteiger partial charge < -0.3 is 10.6 Å². The minimum absolute atomic E-state index is 0.625. The normalized spacial score (nSPS) is 11.8. The summed E-state index contributed by atoms with van der Waals surface area (Å²) in [4.78, 5) is 7.63. The summed E-state index contributed by atoms with van der Waals surface area (Å²) in [6.07, 6.45) is 0. The third-order valence-corrected chi connectivity index (χ3v) is 4.07. The van der Waals surface area contributed by atoms with E-state index in [1.54, 1.807) is 11.3 Å². The molecular weight excluding hydrogens is 274 g/mol. The lowest BCUT2D eigenvalue weighted by molar-refractivity contribution is 0.458. The Balaban J connectivity index is 2.61. The first-order chi connectivity index (χ1) is 7.19. The molecule has 0 bridgehead atoms.